The molecule has 2 aromatic carbocycles. The number of methoxy groups -OCH3 is 2. The van der Waals surface area contributed by atoms with Gasteiger partial charge in [-0.3, -0.25) is 0 Å². The van der Waals surface area contributed by atoms with Crippen molar-refractivity contribution in [3.63, 3.8) is 0 Å². The molecule has 0 spiro atoms. The van der Waals surface area contributed by atoms with Crippen LogP contribution in [0.3, 0.4) is 0 Å². The lowest BCUT2D eigenvalue weighted by Gasteiger charge is -2.13. The van der Waals surface area contributed by atoms with Gasteiger partial charge in [-0.1, -0.05) is 12.1 Å². The van der Waals surface area contributed by atoms with Crippen LogP contribution in [0.25, 0.3) is 33.8 Å². The third-order valence-electron chi connectivity index (χ3n) is 4.38. The van der Waals surface area contributed by atoms with E-state index in [4.69, 9.17) is 13.9 Å². The quantitative estimate of drug-likeness (QED) is 0.462. The van der Waals surface area contributed by atoms with E-state index in [1.807, 2.05) is 25.1 Å². The molecule has 4 rings (SSSR count). The highest BCUT2D eigenvalue weighted by Crippen LogP contribution is 2.39. The van der Waals surface area contributed by atoms with E-state index in [-0.39, 0.29) is 0 Å². The first-order valence-corrected chi connectivity index (χ1v) is 9.22. The summed E-state index contributed by atoms with van der Waals surface area (Å²) >= 11 is 1.43. The van der Waals surface area contributed by atoms with Gasteiger partial charge in [-0.2, -0.15) is 4.37 Å². The molecular formula is C21H18N2O3S. The highest BCUT2D eigenvalue weighted by Gasteiger charge is 2.16. The molecule has 27 heavy (non-hydrogen) atoms. The molecular weight excluding hydrogens is 360 g/mol. The summed E-state index contributed by atoms with van der Waals surface area (Å²) < 4.78 is 20.9. The summed E-state index contributed by atoms with van der Waals surface area (Å²) in [4.78, 5) is 4.19. The minimum Gasteiger partial charge on any atom is -0.493 e. The monoisotopic (exact) mass is 378 g/mol. The van der Waals surface area contributed by atoms with E-state index in [2.05, 4.69) is 32.9 Å². The second-order valence-electron chi connectivity index (χ2n) is 6.02. The SMILES string of the molecule is COc1cc(-c2nscc2-c2ccc(-c3ncco3)cc2)cc(C)c1OC. The third-order valence-corrected chi connectivity index (χ3v) is 5.01. The van der Waals surface area contributed by atoms with Gasteiger partial charge in [0, 0.05) is 22.1 Å². The van der Waals surface area contributed by atoms with Crippen molar-refractivity contribution in [2.24, 2.45) is 0 Å². The fraction of sp³-hybridized carbons (Fsp3) is 0.143. The smallest absolute Gasteiger partial charge is 0.225 e. The van der Waals surface area contributed by atoms with E-state index >= 15 is 0 Å². The van der Waals surface area contributed by atoms with Gasteiger partial charge in [0.05, 0.1) is 26.1 Å². The molecule has 0 saturated heterocycles. The molecule has 0 radical (unpaired) electrons. The number of nitrogens with zero attached hydrogens (tertiary/aromatic N) is 2. The number of aryl methyl sites for hydroxylation is 1. The minimum absolute atomic E-state index is 0.612. The highest BCUT2D eigenvalue weighted by atomic mass is 32.1. The van der Waals surface area contributed by atoms with Crippen molar-refractivity contribution in [3.05, 3.63) is 59.8 Å². The van der Waals surface area contributed by atoms with Crippen LogP contribution in [0.4, 0.5) is 0 Å². The van der Waals surface area contributed by atoms with E-state index in [9.17, 15) is 0 Å². The lowest BCUT2D eigenvalue weighted by molar-refractivity contribution is 0.353. The Morgan fingerprint density at radius 3 is 2.41 bits per heavy atom. The maximum atomic E-state index is 5.49. The first-order chi connectivity index (χ1) is 13.2. The van der Waals surface area contributed by atoms with Gasteiger partial charge in [-0.05, 0) is 53.8 Å². The van der Waals surface area contributed by atoms with Crippen molar-refractivity contribution in [1.29, 1.82) is 0 Å². The number of hydrogen-bond donors (Lipinski definition) is 0. The molecule has 0 saturated carbocycles. The van der Waals surface area contributed by atoms with Crippen molar-refractivity contribution < 1.29 is 13.9 Å². The van der Waals surface area contributed by atoms with Crippen LogP contribution in [0, 0.1) is 6.92 Å². The fourth-order valence-electron chi connectivity index (χ4n) is 3.10. The van der Waals surface area contributed by atoms with Gasteiger partial charge in [0.1, 0.15) is 6.26 Å². The minimum atomic E-state index is 0.612. The van der Waals surface area contributed by atoms with E-state index in [1.54, 1.807) is 26.7 Å². The first-order valence-electron chi connectivity index (χ1n) is 8.39. The Hall–Kier alpha value is -3.12. The number of rotatable bonds is 5. The predicted octanol–water partition coefficient (Wildman–Crippen LogP) is 5.46. The Kier molecular flexibility index (Phi) is 4.64. The Labute approximate surface area is 161 Å². The zero-order valence-electron chi connectivity index (χ0n) is 15.2. The summed E-state index contributed by atoms with van der Waals surface area (Å²) in [7, 11) is 3.29. The van der Waals surface area contributed by atoms with Crippen LogP contribution in [0.2, 0.25) is 0 Å². The molecule has 0 bridgehead atoms. The predicted molar refractivity (Wildman–Crippen MR) is 106 cm³/mol. The van der Waals surface area contributed by atoms with Crippen LogP contribution >= 0.6 is 11.5 Å². The standard InChI is InChI=1S/C21H18N2O3S/c1-13-10-16(11-18(24-2)20(13)25-3)19-17(12-27-23-19)14-4-6-15(7-5-14)21-22-8-9-26-21/h4-12H,1-3H3. The molecule has 4 aromatic rings. The van der Waals surface area contributed by atoms with Crippen molar-refractivity contribution in [2.75, 3.05) is 14.2 Å². The molecule has 0 aliphatic rings. The highest BCUT2D eigenvalue weighted by molar-refractivity contribution is 7.04. The summed E-state index contributed by atoms with van der Waals surface area (Å²) in [5.74, 6) is 2.06. The van der Waals surface area contributed by atoms with Crippen LogP contribution in [0.1, 0.15) is 5.56 Å². The average molecular weight is 378 g/mol. The maximum Gasteiger partial charge on any atom is 0.225 e. The summed E-state index contributed by atoms with van der Waals surface area (Å²) in [6.07, 6.45) is 3.22. The van der Waals surface area contributed by atoms with Crippen LogP contribution in [0.5, 0.6) is 11.5 Å². The normalized spacial score (nSPS) is 10.8. The number of oxazole rings is 1. The van der Waals surface area contributed by atoms with Crippen LogP contribution in [-0.2, 0) is 0 Å². The van der Waals surface area contributed by atoms with Crippen molar-refractivity contribution in [2.45, 2.75) is 6.92 Å². The molecule has 0 amide bonds. The summed E-state index contributed by atoms with van der Waals surface area (Å²) in [6.45, 7) is 2.00. The van der Waals surface area contributed by atoms with Gasteiger partial charge in [0.25, 0.3) is 0 Å². The molecule has 0 N–H and O–H groups in total. The Morgan fingerprint density at radius 1 is 0.963 bits per heavy atom. The van der Waals surface area contributed by atoms with E-state index < -0.39 is 0 Å². The molecule has 0 aliphatic heterocycles. The molecule has 0 fully saturated rings. The molecule has 0 unspecified atom stereocenters. The number of hydrogen-bond acceptors (Lipinski definition) is 6. The van der Waals surface area contributed by atoms with Gasteiger partial charge in [-0.15, -0.1) is 0 Å². The summed E-state index contributed by atoms with van der Waals surface area (Å²) in [5.41, 5.74) is 6.03. The molecule has 2 aromatic heterocycles. The van der Waals surface area contributed by atoms with Crippen LogP contribution in [-0.4, -0.2) is 23.6 Å². The summed E-state index contributed by atoms with van der Waals surface area (Å²) in [5, 5.41) is 2.06. The molecule has 6 heteroatoms. The van der Waals surface area contributed by atoms with Crippen molar-refractivity contribution in [1.82, 2.24) is 9.36 Å². The van der Waals surface area contributed by atoms with Gasteiger partial charge in [-0.25, -0.2) is 4.98 Å². The Balaban J connectivity index is 1.74. The van der Waals surface area contributed by atoms with Gasteiger partial charge in [0.15, 0.2) is 11.5 Å². The topological polar surface area (TPSA) is 57.4 Å². The molecule has 2 heterocycles. The zero-order chi connectivity index (χ0) is 18.8. The van der Waals surface area contributed by atoms with Gasteiger partial charge < -0.3 is 13.9 Å². The molecule has 0 aliphatic carbocycles. The molecule has 5 nitrogen and oxygen atoms in total. The van der Waals surface area contributed by atoms with E-state index in [0.717, 1.165) is 39.3 Å². The Bertz CT molecular complexity index is 1050. The average Bonchev–Trinajstić information content (AvgIpc) is 3.39. The second kappa shape index (κ2) is 7.25. The number of benzene rings is 2. The fourth-order valence-corrected chi connectivity index (χ4v) is 3.81. The van der Waals surface area contributed by atoms with Gasteiger partial charge >= 0.3 is 0 Å². The summed E-state index contributed by atoms with van der Waals surface area (Å²) in [6, 6.07) is 12.2. The second-order valence-corrected chi connectivity index (χ2v) is 6.65. The third kappa shape index (κ3) is 3.19. The van der Waals surface area contributed by atoms with Crippen molar-refractivity contribution in [3.8, 4) is 45.3 Å². The first kappa shape index (κ1) is 17.3. The Morgan fingerprint density at radius 2 is 1.74 bits per heavy atom. The van der Waals surface area contributed by atoms with Crippen LogP contribution < -0.4 is 9.47 Å². The van der Waals surface area contributed by atoms with E-state index in [1.165, 1.54) is 11.5 Å². The van der Waals surface area contributed by atoms with Crippen LogP contribution in [0.15, 0.2) is 58.7 Å². The lowest BCUT2D eigenvalue weighted by atomic mass is 9.99. The maximum absolute atomic E-state index is 5.49. The lowest BCUT2D eigenvalue weighted by Crippen LogP contribution is -1.94. The largest absolute Gasteiger partial charge is 0.493 e. The number of aromatic nitrogens is 2. The van der Waals surface area contributed by atoms with E-state index in [0.29, 0.717) is 11.6 Å². The molecule has 0 atom stereocenters. The molecule has 136 valence electrons. The zero-order valence-corrected chi connectivity index (χ0v) is 16.0. The van der Waals surface area contributed by atoms with Crippen molar-refractivity contribution >= 4 is 11.5 Å². The number of ether oxygens (including phenoxy) is 2. The van der Waals surface area contributed by atoms with Gasteiger partial charge in [0.2, 0.25) is 5.89 Å².